The van der Waals surface area contributed by atoms with Crippen molar-refractivity contribution < 1.29 is 9.63 Å². The molecule has 0 radical (unpaired) electrons. The van der Waals surface area contributed by atoms with E-state index in [0.29, 0.717) is 11.7 Å². The fourth-order valence-electron chi connectivity index (χ4n) is 3.62. The van der Waals surface area contributed by atoms with Crippen LogP contribution in [0.2, 0.25) is 0 Å². The van der Waals surface area contributed by atoms with Crippen molar-refractivity contribution >= 4 is 10.8 Å². The molecule has 1 aromatic heterocycles. The Hall–Kier alpha value is -2.24. The molecule has 2 aromatic carbocycles. The monoisotopic (exact) mass is 337 g/mol. The van der Waals surface area contributed by atoms with Crippen LogP contribution in [0.1, 0.15) is 37.6 Å². The maximum atomic E-state index is 8.97. The standard InChI is InChI=1S/C20H23N3O2/c24-13-4-3-11-23-12-5-8-18(23)20-21-19(22-25-20)17-10-9-15-6-1-2-7-16(15)14-17/h1-2,6-7,9-10,14,18,24H,3-5,8,11-13H2/t18-/m0/s1. The second-order valence-electron chi connectivity index (χ2n) is 6.64. The van der Waals surface area contributed by atoms with E-state index in [1.54, 1.807) is 0 Å². The lowest BCUT2D eigenvalue weighted by atomic mass is 10.1. The molecule has 4 rings (SSSR count). The molecule has 1 aliphatic rings. The number of aliphatic hydroxyl groups is 1. The number of benzene rings is 2. The van der Waals surface area contributed by atoms with Crippen LogP contribution >= 0.6 is 0 Å². The highest BCUT2D eigenvalue weighted by Gasteiger charge is 2.30. The molecular formula is C20H23N3O2. The minimum atomic E-state index is 0.209. The van der Waals surface area contributed by atoms with Gasteiger partial charge in [0.05, 0.1) is 6.04 Å². The second kappa shape index (κ2) is 7.33. The van der Waals surface area contributed by atoms with Crippen LogP contribution in [0.15, 0.2) is 47.0 Å². The minimum absolute atomic E-state index is 0.209. The highest BCUT2D eigenvalue weighted by molar-refractivity contribution is 5.86. The Balaban J connectivity index is 1.54. The maximum absolute atomic E-state index is 8.97. The zero-order valence-corrected chi connectivity index (χ0v) is 14.3. The summed E-state index contributed by atoms with van der Waals surface area (Å²) in [4.78, 5) is 7.08. The van der Waals surface area contributed by atoms with Gasteiger partial charge in [-0.15, -0.1) is 0 Å². The zero-order valence-electron chi connectivity index (χ0n) is 14.3. The van der Waals surface area contributed by atoms with E-state index in [2.05, 4.69) is 39.3 Å². The summed E-state index contributed by atoms with van der Waals surface area (Å²) >= 11 is 0. The molecular weight excluding hydrogens is 314 g/mol. The lowest BCUT2D eigenvalue weighted by molar-refractivity contribution is 0.197. The Kier molecular flexibility index (Phi) is 4.76. The van der Waals surface area contributed by atoms with Crippen molar-refractivity contribution in [3.63, 3.8) is 0 Å². The largest absolute Gasteiger partial charge is 0.396 e. The third-order valence-corrected chi connectivity index (χ3v) is 4.95. The normalized spacial score (nSPS) is 18.2. The van der Waals surface area contributed by atoms with Gasteiger partial charge in [-0.05, 0) is 55.6 Å². The molecule has 0 amide bonds. The van der Waals surface area contributed by atoms with Gasteiger partial charge in [-0.25, -0.2) is 0 Å². The van der Waals surface area contributed by atoms with E-state index in [-0.39, 0.29) is 12.6 Å². The van der Waals surface area contributed by atoms with Crippen molar-refractivity contribution in [2.24, 2.45) is 0 Å². The van der Waals surface area contributed by atoms with Crippen LogP contribution in [0.4, 0.5) is 0 Å². The SMILES string of the molecule is OCCCCN1CCC[C@H]1c1nc(-c2ccc3ccccc3c2)no1. The number of hydrogen-bond acceptors (Lipinski definition) is 5. The summed E-state index contributed by atoms with van der Waals surface area (Å²) in [7, 11) is 0. The molecule has 1 saturated heterocycles. The highest BCUT2D eigenvalue weighted by Crippen LogP contribution is 2.32. The van der Waals surface area contributed by atoms with E-state index in [4.69, 9.17) is 9.63 Å². The van der Waals surface area contributed by atoms with Crippen LogP contribution in [0.25, 0.3) is 22.2 Å². The number of rotatable bonds is 6. The first kappa shape index (κ1) is 16.2. The number of aromatic nitrogens is 2. The summed E-state index contributed by atoms with van der Waals surface area (Å²) in [6.45, 7) is 2.29. The topological polar surface area (TPSA) is 62.4 Å². The number of aliphatic hydroxyl groups excluding tert-OH is 1. The molecule has 0 saturated carbocycles. The predicted octanol–water partition coefficient (Wildman–Crippen LogP) is 3.80. The van der Waals surface area contributed by atoms with Crippen LogP contribution in [0.3, 0.4) is 0 Å². The van der Waals surface area contributed by atoms with Gasteiger partial charge in [-0.1, -0.05) is 41.6 Å². The number of hydrogen-bond donors (Lipinski definition) is 1. The first-order chi connectivity index (χ1) is 12.3. The summed E-state index contributed by atoms with van der Waals surface area (Å²) in [6.07, 6.45) is 4.05. The first-order valence-corrected chi connectivity index (χ1v) is 9.03. The van der Waals surface area contributed by atoms with Crippen LogP contribution in [0.5, 0.6) is 0 Å². The molecule has 0 bridgehead atoms. The van der Waals surface area contributed by atoms with Gasteiger partial charge in [-0.2, -0.15) is 4.98 Å². The number of likely N-dealkylation sites (tertiary alicyclic amines) is 1. The molecule has 3 aromatic rings. The average Bonchev–Trinajstić information content (AvgIpc) is 3.30. The lowest BCUT2D eigenvalue weighted by Gasteiger charge is -2.20. The van der Waals surface area contributed by atoms with Gasteiger partial charge in [0.15, 0.2) is 0 Å². The number of unbranched alkanes of at least 4 members (excludes halogenated alkanes) is 1. The van der Waals surface area contributed by atoms with E-state index < -0.39 is 0 Å². The Morgan fingerprint density at radius 2 is 2.00 bits per heavy atom. The molecule has 25 heavy (non-hydrogen) atoms. The Morgan fingerprint density at radius 1 is 1.12 bits per heavy atom. The average molecular weight is 337 g/mol. The Labute approximate surface area is 147 Å². The molecule has 5 nitrogen and oxygen atoms in total. The molecule has 0 spiro atoms. The summed E-state index contributed by atoms with van der Waals surface area (Å²) < 4.78 is 5.60. The third kappa shape index (κ3) is 3.43. The third-order valence-electron chi connectivity index (χ3n) is 4.95. The van der Waals surface area contributed by atoms with Crippen molar-refractivity contribution in [2.75, 3.05) is 19.7 Å². The predicted molar refractivity (Wildman–Crippen MR) is 97.1 cm³/mol. The van der Waals surface area contributed by atoms with Gasteiger partial charge < -0.3 is 9.63 Å². The van der Waals surface area contributed by atoms with E-state index in [1.165, 1.54) is 10.8 Å². The fourth-order valence-corrected chi connectivity index (χ4v) is 3.62. The van der Waals surface area contributed by atoms with Crippen LogP contribution in [0, 0.1) is 0 Å². The van der Waals surface area contributed by atoms with Crippen molar-refractivity contribution in [3.05, 3.63) is 48.4 Å². The van der Waals surface area contributed by atoms with Crippen molar-refractivity contribution in [3.8, 4) is 11.4 Å². The van der Waals surface area contributed by atoms with Gasteiger partial charge in [0.2, 0.25) is 11.7 Å². The quantitative estimate of drug-likeness (QED) is 0.693. The molecule has 1 atom stereocenters. The summed E-state index contributed by atoms with van der Waals surface area (Å²) in [5.41, 5.74) is 0.985. The van der Waals surface area contributed by atoms with Crippen molar-refractivity contribution in [1.29, 1.82) is 0 Å². The molecule has 1 aliphatic heterocycles. The van der Waals surface area contributed by atoms with E-state index >= 15 is 0 Å². The van der Waals surface area contributed by atoms with E-state index in [1.807, 2.05) is 18.2 Å². The maximum Gasteiger partial charge on any atom is 0.244 e. The zero-order chi connectivity index (χ0) is 17.1. The summed E-state index contributed by atoms with van der Waals surface area (Å²) in [5, 5.41) is 15.6. The lowest BCUT2D eigenvalue weighted by Crippen LogP contribution is -2.24. The second-order valence-corrected chi connectivity index (χ2v) is 6.64. The van der Waals surface area contributed by atoms with Gasteiger partial charge in [0.1, 0.15) is 0 Å². The minimum Gasteiger partial charge on any atom is -0.396 e. The van der Waals surface area contributed by atoms with Gasteiger partial charge in [-0.3, -0.25) is 4.90 Å². The smallest absolute Gasteiger partial charge is 0.244 e. The van der Waals surface area contributed by atoms with Crippen molar-refractivity contribution in [1.82, 2.24) is 15.0 Å². The first-order valence-electron chi connectivity index (χ1n) is 9.03. The molecule has 0 aliphatic carbocycles. The molecule has 0 unspecified atom stereocenters. The van der Waals surface area contributed by atoms with Crippen LogP contribution in [-0.2, 0) is 0 Å². The summed E-state index contributed by atoms with van der Waals surface area (Å²) in [6, 6.07) is 14.7. The highest BCUT2D eigenvalue weighted by atomic mass is 16.5. The molecule has 1 fully saturated rings. The Morgan fingerprint density at radius 3 is 2.88 bits per heavy atom. The van der Waals surface area contributed by atoms with Gasteiger partial charge in [0.25, 0.3) is 0 Å². The number of nitrogens with zero attached hydrogens (tertiary/aromatic N) is 3. The molecule has 130 valence electrons. The van der Waals surface area contributed by atoms with Crippen LogP contribution < -0.4 is 0 Å². The Bertz CT molecular complexity index is 846. The fraction of sp³-hybridized carbons (Fsp3) is 0.400. The van der Waals surface area contributed by atoms with E-state index in [9.17, 15) is 0 Å². The molecule has 1 N–H and O–H groups in total. The molecule has 2 heterocycles. The van der Waals surface area contributed by atoms with Gasteiger partial charge in [0, 0.05) is 12.2 Å². The van der Waals surface area contributed by atoms with Gasteiger partial charge >= 0.3 is 0 Å². The number of fused-ring (bicyclic) bond motifs is 1. The summed E-state index contributed by atoms with van der Waals surface area (Å²) in [5.74, 6) is 1.37. The van der Waals surface area contributed by atoms with Crippen LogP contribution in [-0.4, -0.2) is 39.8 Å². The van der Waals surface area contributed by atoms with E-state index in [0.717, 1.165) is 44.3 Å². The molecule has 5 heteroatoms. The van der Waals surface area contributed by atoms with Crippen molar-refractivity contribution in [2.45, 2.75) is 31.7 Å².